The minimum absolute atomic E-state index is 0.00226. The Morgan fingerprint density at radius 1 is 0.812 bits per heavy atom. The van der Waals surface area contributed by atoms with Gasteiger partial charge in [0.25, 0.3) is 0 Å². The first-order valence-corrected chi connectivity index (χ1v) is 12.1. The van der Waals surface area contributed by atoms with Gasteiger partial charge in [-0.25, -0.2) is 0 Å². The van der Waals surface area contributed by atoms with E-state index in [1.807, 2.05) is 20.8 Å². The van der Waals surface area contributed by atoms with Crippen LogP contribution in [0.2, 0.25) is 0 Å². The van der Waals surface area contributed by atoms with Gasteiger partial charge >= 0.3 is 0 Å². The molecule has 3 atom stereocenters. The third-order valence-corrected chi connectivity index (χ3v) is 5.36. The van der Waals surface area contributed by atoms with E-state index in [0.29, 0.717) is 38.1 Å². The smallest absolute Gasteiger partial charge is 0.239 e. The van der Waals surface area contributed by atoms with Crippen molar-refractivity contribution in [3.63, 3.8) is 0 Å². The maximum absolute atomic E-state index is 12.6. The number of ketones is 1. The van der Waals surface area contributed by atoms with E-state index in [4.69, 9.17) is 0 Å². The molecule has 0 aliphatic carbocycles. The van der Waals surface area contributed by atoms with Crippen LogP contribution >= 0.6 is 0 Å². The molecule has 0 aliphatic rings. The van der Waals surface area contributed by atoms with Crippen LogP contribution in [0.3, 0.4) is 0 Å². The number of amides is 3. The molecule has 3 amide bonds. The second-order valence-corrected chi connectivity index (χ2v) is 9.25. The summed E-state index contributed by atoms with van der Waals surface area (Å²) in [7, 11) is 0. The fourth-order valence-electron chi connectivity index (χ4n) is 3.23. The van der Waals surface area contributed by atoms with Crippen molar-refractivity contribution in [2.45, 2.75) is 105 Å². The van der Waals surface area contributed by atoms with Gasteiger partial charge in [0, 0.05) is 24.9 Å². The third kappa shape index (κ3) is 13.5. The van der Waals surface area contributed by atoms with Crippen molar-refractivity contribution < 1.29 is 19.2 Å². The van der Waals surface area contributed by atoms with E-state index < -0.39 is 6.04 Å². The predicted octanol–water partition coefficient (Wildman–Crippen LogP) is 2.31. The molecule has 0 bridgehead atoms. The summed E-state index contributed by atoms with van der Waals surface area (Å²) in [5.41, 5.74) is 0. The maximum atomic E-state index is 12.6. The summed E-state index contributed by atoms with van der Waals surface area (Å²) < 4.78 is 0. The molecule has 8 nitrogen and oxygen atoms in total. The van der Waals surface area contributed by atoms with E-state index >= 15 is 0 Å². The lowest BCUT2D eigenvalue weighted by molar-refractivity contribution is -0.130. The Hall–Kier alpha value is -1.96. The normalized spacial score (nSPS) is 14.0. The summed E-state index contributed by atoms with van der Waals surface area (Å²) >= 11 is 0. The molecule has 4 N–H and O–H groups in total. The van der Waals surface area contributed by atoms with E-state index in [1.54, 1.807) is 6.92 Å². The van der Waals surface area contributed by atoms with Crippen LogP contribution in [0, 0.1) is 11.8 Å². The molecule has 32 heavy (non-hydrogen) atoms. The van der Waals surface area contributed by atoms with Gasteiger partial charge in [-0.3, -0.25) is 19.2 Å². The quantitative estimate of drug-likeness (QED) is 0.252. The Morgan fingerprint density at radius 2 is 1.47 bits per heavy atom. The lowest BCUT2D eigenvalue weighted by Crippen LogP contribution is -2.51. The fourth-order valence-corrected chi connectivity index (χ4v) is 3.23. The number of hydrogen-bond donors (Lipinski definition) is 4. The van der Waals surface area contributed by atoms with Crippen LogP contribution in [0.4, 0.5) is 0 Å². The van der Waals surface area contributed by atoms with Gasteiger partial charge < -0.3 is 21.3 Å². The summed E-state index contributed by atoms with van der Waals surface area (Å²) in [5, 5.41) is 11.6. The third-order valence-electron chi connectivity index (χ3n) is 5.36. The first-order chi connectivity index (χ1) is 15.0. The second kappa shape index (κ2) is 16.6. The van der Waals surface area contributed by atoms with Crippen molar-refractivity contribution in [3.05, 3.63) is 0 Å². The predicted molar refractivity (Wildman–Crippen MR) is 128 cm³/mol. The van der Waals surface area contributed by atoms with Crippen LogP contribution in [0.1, 0.15) is 87.0 Å². The molecule has 0 heterocycles. The average molecular weight is 455 g/mol. The van der Waals surface area contributed by atoms with E-state index in [-0.39, 0.29) is 48.1 Å². The molecule has 0 fully saturated rings. The standard InChI is InChI=1S/C24H46N4O4/c1-8-18(7)27-20(14-16(3)4)24(32)26-15-22(30)28-19(23(31)17(5)6)12-10-11-13-25-21(29)9-2/h16-20,27H,8-15H2,1-7H3,(H,25,29)(H,26,32)(H,28,30)/t18?,19-,20-/m0/s1. The summed E-state index contributed by atoms with van der Waals surface area (Å²) in [5.74, 6) is -0.465. The highest BCUT2D eigenvalue weighted by Crippen LogP contribution is 2.09. The summed E-state index contributed by atoms with van der Waals surface area (Å²) in [6.07, 6.45) is 3.98. The van der Waals surface area contributed by atoms with Gasteiger partial charge in [0.2, 0.25) is 17.7 Å². The molecule has 0 spiro atoms. The molecular weight excluding hydrogens is 408 g/mol. The Morgan fingerprint density at radius 3 is 2.00 bits per heavy atom. The number of carbonyl (C=O) groups is 4. The molecular formula is C24H46N4O4. The van der Waals surface area contributed by atoms with Gasteiger partial charge in [0.1, 0.15) is 0 Å². The van der Waals surface area contributed by atoms with Crippen molar-refractivity contribution >= 4 is 23.5 Å². The average Bonchev–Trinajstić information content (AvgIpc) is 2.74. The molecule has 8 heteroatoms. The number of carbonyl (C=O) groups excluding carboxylic acids is 4. The minimum atomic E-state index is -0.592. The van der Waals surface area contributed by atoms with E-state index in [0.717, 1.165) is 12.8 Å². The number of nitrogens with one attached hydrogen (secondary N) is 4. The Bertz CT molecular complexity index is 593. The zero-order valence-electron chi connectivity index (χ0n) is 21.2. The molecule has 0 saturated carbocycles. The van der Waals surface area contributed by atoms with Crippen LogP contribution in [0.25, 0.3) is 0 Å². The highest BCUT2D eigenvalue weighted by Gasteiger charge is 2.24. The molecule has 0 aliphatic heterocycles. The lowest BCUT2D eigenvalue weighted by atomic mass is 9.97. The molecule has 186 valence electrons. The zero-order chi connectivity index (χ0) is 24.7. The van der Waals surface area contributed by atoms with Crippen LogP contribution in [0.5, 0.6) is 0 Å². The van der Waals surface area contributed by atoms with Crippen molar-refractivity contribution in [3.8, 4) is 0 Å². The Labute approximate surface area is 194 Å². The van der Waals surface area contributed by atoms with Crippen molar-refractivity contribution in [2.24, 2.45) is 11.8 Å². The zero-order valence-corrected chi connectivity index (χ0v) is 21.2. The van der Waals surface area contributed by atoms with Crippen LogP contribution in [-0.2, 0) is 19.2 Å². The number of Topliss-reactive ketones (excluding diaryl/α,β-unsaturated/α-hetero) is 1. The lowest BCUT2D eigenvalue weighted by Gasteiger charge is -2.24. The summed E-state index contributed by atoms with van der Waals surface area (Å²) in [6, 6.07) is -0.747. The topological polar surface area (TPSA) is 116 Å². The highest BCUT2D eigenvalue weighted by molar-refractivity contribution is 5.92. The van der Waals surface area contributed by atoms with Gasteiger partial charge in [-0.2, -0.15) is 0 Å². The van der Waals surface area contributed by atoms with Gasteiger partial charge in [-0.15, -0.1) is 0 Å². The van der Waals surface area contributed by atoms with Crippen molar-refractivity contribution in [2.75, 3.05) is 13.1 Å². The van der Waals surface area contributed by atoms with E-state index in [1.165, 1.54) is 0 Å². The maximum Gasteiger partial charge on any atom is 0.239 e. The fraction of sp³-hybridized carbons (Fsp3) is 0.833. The van der Waals surface area contributed by atoms with Crippen LogP contribution in [0.15, 0.2) is 0 Å². The molecule has 1 unspecified atom stereocenters. The van der Waals surface area contributed by atoms with Crippen molar-refractivity contribution in [1.82, 2.24) is 21.3 Å². The highest BCUT2D eigenvalue weighted by atomic mass is 16.2. The molecule has 0 saturated heterocycles. The summed E-state index contributed by atoms with van der Waals surface area (Å²) in [4.78, 5) is 48.9. The van der Waals surface area contributed by atoms with Gasteiger partial charge in [-0.1, -0.05) is 41.5 Å². The summed E-state index contributed by atoms with van der Waals surface area (Å²) in [6.45, 7) is 14.0. The van der Waals surface area contributed by atoms with Gasteiger partial charge in [0.05, 0.1) is 18.6 Å². The second-order valence-electron chi connectivity index (χ2n) is 9.25. The first-order valence-electron chi connectivity index (χ1n) is 12.1. The van der Waals surface area contributed by atoms with Gasteiger partial charge in [-0.05, 0) is 44.9 Å². The monoisotopic (exact) mass is 454 g/mol. The largest absolute Gasteiger partial charge is 0.356 e. The van der Waals surface area contributed by atoms with Gasteiger partial charge in [0.15, 0.2) is 5.78 Å². The first kappa shape index (κ1) is 30.0. The molecule has 0 rings (SSSR count). The van der Waals surface area contributed by atoms with Crippen LogP contribution in [-0.4, -0.2) is 54.7 Å². The van der Waals surface area contributed by atoms with Crippen molar-refractivity contribution in [1.29, 1.82) is 0 Å². The number of hydrogen-bond acceptors (Lipinski definition) is 5. The molecule has 0 aromatic heterocycles. The van der Waals surface area contributed by atoms with Crippen LogP contribution < -0.4 is 21.3 Å². The molecule has 0 radical (unpaired) electrons. The van der Waals surface area contributed by atoms with E-state index in [9.17, 15) is 19.2 Å². The number of unbranched alkanes of at least 4 members (excludes halogenated alkanes) is 1. The SMILES string of the molecule is CCC(=O)NCCCC[C@H](NC(=O)CNC(=O)[C@H](CC(C)C)NC(C)CC)C(=O)C(C)C. The Kier molecular flexibility index (Phi) is 15.6. The molecule has 0 aromatic rings. The molecule has 0 aromatic carbocycles. The number of rotatable bonds is 17. The Balaban J connectivity index is 4.73. The van der Waals surface area contributed by atoms with E-state index in [2.05, 4.69) is 42.0 Å². The minimum Gasteiger partial charge on any atom is -0.356 e.